The fourth-order valence-corrected chi connectivity index (χ4v) is 4.33. The number of nitrogen functional groups attached to an aromatic ring is 1. The van der Waals surface area contributed by atoms with Gasteiger partial charge in [0.2, 0.25) is 0 Å². The lowest BCUT2D eigenvalue weighted by molar-refractivity contribution is 0.103. The van der Waals surface area contributed by atoms with Crippen molar-refractivity contribution in [2.45, 2.75) is 0 Å². The summed E-state index contributed by atoms with van der Waals surface area (Å²) in [6, 6.07) is 24.0. The van der Waals surface area contributed by atoms with E-state index in [0.29, 0.717) is 21.1 Å². The van der Waals surface area contributed by atoms with Gasteiger partial charge in [0.15, 0.2) is 0 Å². The minimum Gasteiger partial charge on any atom is -0.397 e. The van der Waals surface area contributed by atoms with Gasteiger partial charge in [0.1, 0.15) is 15.5 Å². The monoisotopic (exact) mass is 427 g/mol. The molecule has 152 valence electrons. The molecule has 2 aromatic carbocycles. The zero-order valence-corrected chi connectivity index (χ0v) is 17.0. The molecule has 0 aliphatic carbocycles. The second-order valence-electron chi connectivity index (χ2n) is 6.89. The summed E-state index contributed by atoms with van der Waals surface area (Å²) in [5.41, 5.74) is 8.81. The molecule has 5 aromatic rings. The summed E-state index contributed by atoms with van der Waals surface area (Å²) in [7, 11) is 0. The van der Waals surface area contributed by atoms with Crippen molar-refractivity contribution in [1.29, 1.82) is 0 Å². The second kappa shape index (κ2) is 7.58. The van der Waals surface area contributed by atoms with Crippen LogP contribution < -0.4 is 16.6 Å². The van der Waals surface area contributed by atoms with E-state index in [1.807, 2.05) is 60.7 Å². The number of pyridine rings is 1. The number of hydrogen-bond donors (Lipinski definition) is 3. The molecule has 31 heavy (non-hydrogen) atoms. The van der Waals surface area contributed by atoms with Crippen molar-refractivity contribution < 1.29 is 4.79 Å². The van der Waals surface area contributed by atoms with Crippen molar-refractivity contribution in [2.75, 3.05) is 11.1 Å². The highest BCUT2D eigenvalue weighted by molar-refractivity contribution is 7.21. The first-order valence-corrected chi connectivity index (χ1v) is 10.3. The SMILES string of the molecule is Nc1c(C(=O)Nc2cc(=O)n(-c3ccccc3)[nH]2)sc2nc(-c3ccccc3)ccc12. The van der Waals surface area contributed by atoms with E-state index in [1.54, 1.807) is 12.1 Å². The van der Waals surface area contributed by atoms with Crippen molar-refractivity contribution in [3.05, 3.63) is 94.1 Å². The van der Waals surface area contributed by atoms with Gasteiger partial charge in [0.05, 0.1) is 17.1 Å². The smallest absolute Gasteiger partial charge is 0.273 e. The molecule has 0 saturated heterocycles. The van der Waals surface area contributed by atoms with E-state index in [0.717, 1.165) is 16.6 Å². The Kier molecular flexibility index (Phi) is 4.61. The number of aromatic amines is 1. The van der Waals surface area contributed by atoms with Gasteiger partial charge in [0, 0.05) is 17.0 Å². The van der Waals surface area contributed by atoms with E-state index >= 15 is 0 Å². The second-order valence-corrected chi connectivity index (χ2v) is 7.89. The molecule has 0 saturated carbocycles. The molecule has 0 spiro atoms. The van der Waals surface area contributed by atoms with Gasteiger partial charge >= 0.3 is 0 Å². The summed E-state index contributed by atoms with van der Waals surface area (Å²) >= 11 is 1.22. The third kappa shape index (κ3) is 3.49. The summed E-state index contributed by atoms with van der Waals surface area (Å²) < 4.78 is 1.36. The third-order valence-electron chi connectivity index (χ3n) is 4.85. The lowest BCUT2D eigenvalue weighted by Gasteiger charge is -2.03. The molecule has 0 fully saturated rings. The normalized spacial score (nSPS) is 11.0. The average Bonchev–Trinajstić information content (AvgIpc) is 3.34. The molecule has 0 aliphatic rings. The Labute approximate surface area is 180 Å². The molecule has 0 atom stereocenters. The molecule has 3 heterocycles. The number of H-pyrrole nitrogens is 1. The van der Waals surface area contributed by atoms with Gasteiger partial charge in [-0.15, -0.1) is 11.3 Å². The Bertz CT molecular complexity index is 1450. The quantitative estimate of drug-likeness (QED) is 0.398. The predicted molar refractivity (Wildman–Crippen MR) is 124 cm³/mol. The minimum absolute atomic E-state index is 0.278. The summed E-state index contributed by atoms with van der Waals surface area (Å²) in [5, 5.41) is 6.35. The van der Waals surface area contributed by atoms with Crippen LogP contribution in [0.15, 0.2) is 83.7 Å². The maximum atomic E-state index is 12.9. The van der Waals surface area contributed by atoms with Crippen LogP contribution in [0.4, 0.5) is 11.5 Å². The van der Waals surface area contributed by atoms with Crippen molar-refractivity contribution in [3.8, 4) is 16.9 Å². The minimum atomic E-state index is -0.400. The first-order chi connectivity index (χ1) is 15.1. The fourth-order valence-electron chi connectivity index (χ4n) is 3.34. The maximum absolute atomic E-state index is 12.9. The maximum Gasteiger partial charge on any atom is 0.273 e. The van der Waals surface area contributed by atoms with Crippen LogP contribution in [0.3, 0.4) is 0 Å². The highest BCUT2D eigenvalue weighted by Gasteiger charge is 2.19. The zero-order chi connectivity index (χ0) is 21.4. The van der Waals surface area contributed by atoms with Gasteiger partial charge < -0.3 is 11.1 Å². The number of nitrogens with zero attached hydrogens (tertiary/aromatic N) is 2. The fraction of sp³-hybridized carbons (Fsp3) is 0. The van der Waals surface area contributed by atoms with E-state index in [-0.39, 0.29) is 11.4 Å². The number of amides is 1. The zero-order valence-electron chi connectivity index (χ0n) is 16.2. The number of nitrogens with one attached hydrogen (secondary N) is 2. The molecule has 8 heteroatoms. The van der Waals surface area contributed by atoms with E-state index in [1.165, 1.54) is 22.1 Å². The van der Waals surface area contributed by atoms with Crippen LogP contribution in [0.1, 0.15) is 9.67 Å². The van der Waals surface area contributed by atoms with Gasteiger partial charge in [-0.25, -0.2) is 9.67 Å². The summed E-state index contributed by atoms with van der Waals surface area (Å²) in [6.07, 6.45) is 0. The van der Waals surface area contributed by atoms with Gasteiger partial charge in [-0.3, -0.25) is 14.7 Å². The van der Waals surface area contributed by atoms with Crippen molar-refractivity contribution in [3.63, 3.8) is 0 Å². The lowest BCUT2D eigenvalue weighted by Crippen LogP contribution is -2.13. The van der Waals surface area contributed by atoms with Gasteiger partial charge in [-0.05, 0) is 24.3 Å². The van der Waals surface area contributed by atoms with Crippen LogP contribution in [0, 0.1) is 0 Å². The Balaban J connectivity index is 1.45. The number of fused-ring (bicyclic) bond motifs is 1. The third-order valence-corrected chi connectivity index (χ3v) is 5.97. The standard InChI is InChI=1S/C23H17N5O2S/c24-20-16-11-12-17(14-7-3-1-4-8-14)25-23(16)31-21(20)22(30)26-18-13-19(29)28(27-18)15-9-5-2-6-10-15/h1-13,27H,24H2,(H,26,30). The van der Waals surface area contributed by atoms with Gasteiger partial charge in [-0.1, -0.05) is 48.5 Å². The van der Waals surface area contributed by atoms with E-state index < -0.39 is 5.91 Å². The van der Waals surface area contributed by atoms with Crippen LogP contribution in [0.25, 0.3) is 27.2 Å². The summed E-state index contributed by atoms with van der Waals surface area (Å²) in [5.74, 6) is -0.114. The number of aromatic nitrogens is 3. The molecule has 0 unspecified atom stereocenters. The molecule has 0 aliphatic heterocycles. The number of benzene rings is 2. The van der Waals surface area contributed by atoms with Crippen LogP contribution in [0.5, 0.6) is 0 Å². The average molecular weight is 427 g/mol. The number of para-hydroxylation sites is 1. The summed E-state index contributed by atoms with van der Waals surface area (Å²) in [6.45, 7) is 0. The van der Waals surface area contributed by atoms with E-state index in [9.17, 15) is 9.59 Å². The number of thiophene rings is 1. The largest absolute Gasteiger partial charge is 0.397 e. The number of anilines is 2. The first-order valence-electron chi connectivity index (χ1n) is 9.53. The van der Waals surface area contributed by atoms with Crippen molar-refractivity contribution in [1.82, 2.24) is 14.8 Å². The van der Waals surface area contributed by atoms with Crippen LogP contribution in [-0.2, 0) is 0 Å². The van der Waals surface area contributed by atoms with Crippen LogP contribution in [-0.4, -0.2) is 20.7 Å². The van der Waals surface area contributed by atoms with Gasteiger partial charge in [0.25, 0.3) is 11.5 Å². The highest BCUT2D eigenvalue weighted by Crippen LogP contribution is 2.34. The Morgan fingerprint density at radius 2 is 1.71 bits per heavy atom. The number of rotatable bonds is 4. The van der Waals surface area contributed by atoms with Crippen LogP contribution in [0.2, 0.25) is 0 Å². The number of carbonyl (C=O) groups excluding carboxylic acids is 1. The lowest BCUT2D eigenvalue weighted by atomic mass is 10.1. The Morgan fingerprint density at radius 3 is 2.45 bits per heavy atom. The molecule has 5 rings (SSSR count). The van der Waals surface area contributed by atoms with Crippen molar-refractivity contribution in [2.24, 2.45) is 0 Å². The number of hydrogen-bond acceptors (Lipinski definition) is 5. The number of carbonyl (C=O) groups is 1. The molecular formula is C23H17N5O2S. The summed E-state index contributed by atoms with van der Waals surface area (Å²) in [4.78, 5) is 30.9. The first kappa shape index (κ1) is 18.8. The van der Waals surface area contributed by atoms with E-state index in [2.05, 4.69) is 15.4 Å². The highest BCUT2D eigenvalue weighted by atomic mass is 32.1. The van der Waals surface area contributed by atoms with E-state index in [4.69, 9.17) is 5.73 Å². The molecule has 0 radical (unpaired) electrons. The van der Waals surface area contributed by atoms with Crippen molar-refractivity contribution >= 4 is 39.0 Å². The molecule has 4 N–H and O–H groups in total. The van der Waals surface area contributed by atoms with Gasteiger partial charge in [-0.2, -0.15) is 0 Å². The molecule has 3 aromatic heterocycles. The number of nitrogens with two attached hydrogens (primary N) is 1. The topological polar surface area (TPSA) is 106 Å². The molecule has 7 nitrogen and oxygen atoms in total. The Morgan fingerprint density at radius 1 is 1.00 bits per heavy atom. The molecule has 0 bridgehead atoms. The van der Waals surface area contributed by atoms with Crippen LogP contribution >= 0.6 is 11.3 Å². The Hall–Kier alpha value is -4.17. The molecular weight excluding hydrogens is 410 g/mol. The predicted octanol–water partition coefficient (Wildman–Crippen LogP) is 4.28. The molecule has 1 amide bonds.